The Hall–Kier alpha value is -2.54. The number of ether oxygens (including phenoxy) is 2. The summed E-state index contributed by atoms with van der Waals surface area (Å²) in [6.07, 6.45) is 4.97. The molecule has 1 atom stereocenters. The second-order valence-electron chi connectivity index (χ2n) is 6.54. The van der Waals surface area contributed by atoms with Crippen molar-refractivity contribution in [1.29, 1.82) is 0 Å². The molecule has 0 aliphatic carbocycles. The van der Waals surface area contributed by atoms with Crippen LogP contribution < -0.4 is 20.1 Å². The first-order valence-electron chi connectivity index (χ1n) is 8.84. The van der Waals surface area contributed by atoms with Gasteiger partial charge in [-0.15, -0.1) is 0 Å². The summed E-state index contributed by atoms with van der Waals surface area (Å²) in [7, 11) is 3.24. The van der Waals surface area contributed by atoms with E-state index >= 15 is 0 Å². The molecule has 1 aliphatic rings. The predicted molar refractivity (Wildman–Crippen MR) is 98.4 cm³/mol. The zero-order chi connectivity index (χ0) is 18.6. The van der Waals surface area contributed by atoms with Gasteiger partial charge in [-0.1, -0.05) is 0 Å². The topological polar surface area (TPSA) is 77.4 Å². The number of rotatable bonds is 6. The van der Waals surface area contributed by atoms with Gasteiger partial charge in [-0.25, -0.2) is 0 Å². The summed E-state index contributed by atoms with van der Waals surface area (Å²) in [6, 6.07) is 7.22. The van der Waals surface area contributed by atoms with Crippen molar-refractivity contribution in [3.63, 3.8) is 0 Å². The lowest BCUT2D eigenvalue weighted by atomic mass is 9.87. The summed E-state index contributed by atoms with van der Waals surface area (Å²) < 4.78 is 12.6. The summed E-state index contributed by atoms with van der Waals surface area (Å²) in [5, 5.41) is 10.8. The SMILES string of the molecule is COc1ccc(OC)c(C(C)NC(=O)C2(n3cccn3)CCNCC2)c1. The highest BCUT2D eigenvalue weighted by molar-refractivity contribution is 5.85. The number of amides is 1. The Bertz CT molecular complexity index is 739. The number of piperidine rings is 1. The quantitative estimate of drug-likeness (QED) is 0.824. The molecule has 7 nitrogen and oxygen atoms in total. The van der Waals surface area contributed by atoms with Gasteiger partial charge in [0.1, 0.15) is 17.0 Å². The van der Waals surface area contributed by atoms with Crippen LogP contribution in [-0.2, 0) is 10.3 Å². The zero-order valence-electron chi connectivity index (χ0n) is 15.5. The first-order chi connectivity index (χ1) is 12.6. The molecular formula is C19H26N4O3. The van der Waals surface area contributed by atoms with Crippen LogP contribution in [0.2, 0.25) is 0 Å². The number of aromatic nitrogens is 2. The van der Waals surface area contributed by atoms with E-state index in [2.05, 4.69) is 15.7 Å². The summed E-state index contributed by atoms with van der Waals surface area (Å²) in [6.45, 7) is 3.52. The zero-order valence-corrected chi connectivity index (χ0v) is 15.5. The number of hydrogen-bond donors (Lipinski definition) is 2. The Kier molecular flexibility index (Phi) is 5.46. The van der Waals surface area contributed by atoms with Crippen molar-refractivity contribution in [2.45, 2.75) is 31.3 Å². The number of carbonyl (C=O) groups is 1. The molecule has 3 rings (SSSR count). The monoisotopic (exact) mass is 358 g/mol. The van der Waals surface area contributed by atoms with Crippen LogP contribution >= 0.6 is 0 Å². The molecule has 2 heterocycles. The summed E-state index contributed by atoms with van der Waals surface area (Å²) in [5.41, 5.74) is 0.208. The first kappa shape index (κ1) is 18.3. The van der Waals surface area contributed by atoms with E-state index in [0.29, 0.717) is 12.8 Å². The third kappa shape index (κ3) is 3.39. The highest BCUT2D eigenvalue weighted by atomic mass is 16.5. The van der Waals surface area contributed by atoms with Gasteiger partial charge in [0.15, 0.2) is 0 Å². The van der Waals surface area contributed by atoms with Crippen LogP contribution in [0.15, 0.2) is 36.7 Å². The van der Waals surface area contributed by atoms with Crippen LogP contribution in [0, 0.1) is 0 Å². The average molecular weight is 358 g/mol. The van der Waals surface area contributed by atoms with Crippen molar-refractivity contribution in [3.8, 4) is 11.5 Å². The Morgan fingerprint density at radius 2 is 2.08 bits per heavy atom. The molecule has 2 aromatic rings. The summed E-state index contributed by atoms with van der Waals surface area (Å²) in [4.78, 5) is 13.3. The molecular weight excluding hydrogens is 332 g/mol. The Morgan fingerprint density at radius 3 is 2.69 bits per heavy atom. The maximum atomic E-state index is 13.3. The number of methoxy groups -OCH3 is 2. The molecule has 1 saturated heterocycles. The largest absolute Gasteiger partial charge is 0.497 e. The van der Waals surface area contributed by atoms with Crippen molar-refractivity contribution in [2.75, 3.05) is 27.3 Å². The lowest BCUT2D eigenvalue weighted by molar-refractivity contribution is -0.132. The van der Waals surface area contributed by atoms with Crippen LogP contribution in [0.1, 0.15) is 31.4 Å². The Morgan fingerprint density at radius 1 is 1.31 bits per heavy atom. The molecule has 7 heteroatoms. The van der Waals surface area contributed by atoms with Crippen LogP contribution in [0.25, 0.3) is 0 Å². The molecule has 1 unspecified atom stereocenters. The maximum Gasteiger partial charge on any atom is 0.248 e. The third-order valence-electron chi connectivity index (χ3n) is 5.05. The maximum absolute atomic E-state index is 13.3. The molecule has 0 spiro atoms. The van der Waals surface area contributed by atoms with Crippen molar-refractivity contribution >= 4 is 5.91 Å². The highest BCUT2D eigenvalue weighted by Crippen LogP contribution is 2.32. The third-order valence-corrected chi connectivity index (χ3v) is 5.05. The van der Waals surface area contributed by atoms with Crippen LogP contribution in [-0.4, -0.2) is 43.0 Å². The van der Waals surface area contributed by atoms with E-state index < -0.39 is 5.54 Å². The Balaban J connectivity index is 1.86. The number of nitrogens with zero attached hydrogens (tertiary/aromatic N) is 2. The molecule has 1 fully saturated rings. The molecule has 140 valence electrons. The second-order valence-corrected chi connectivity index (χ2v) is 6.54. The number of benzene rings is 1. The molecule has 0 radical (unpaired) electrons. The average Bonchev–Trinajstić information content (AvgIpc) is 3.23. The van der Waals surface area contributed by atoms with E-state index in [1.54, 1.807) is 25.1 Å². The minimum atomic E-state index is -0.672. The van der Waals surface area contributed by atoms with E-state index in [9.17, 15) is 4.79 Å². The number of hydrogen-bond acceptors (Lipinski definition) is 5. The molecule has 1 aromatic carbocycles. The van der Waals surface area contributed by atoms with Crippen molar-refractivity contribution in [3.05, 3.63) is 42.2 Å². The number of carbonyl (C=O) groups excluding carboxylic acids is 1. The second kappa shape index (κ2) is 7.78. The molecule has 1 aromatic heterocycles. The van der Waals surface area contributed by atoms with Gasteiger partial charge in [0, 0.05) is 18.0 Å². The minimum absolute atomic E-state index is 0.0277. The smallest absolute Gasteiger partial charge is 0.248 e. The predicted octanol–water partition coefficient (Wildman–Crippen LogP) is 1.86. The fraction of sp³-hybridized carbons (Fsp3) is 0.474. The normalized spacial score (nSPS) is 17.3. The molecule has 26 heavy (non-hydrogen) atoms. The van der Waals surface area contributed by atoms with Crippen LogP contribution in [0.4, 0.5) is 0 Å². The van der Waals surface area contributed by atoms with Gasteiger partial charge in [0.25, 0.3) is 0 Å². The van der Waals surface area contributed by atoms with Crippen LogP contribution in [0.5, 0.6) is 11.5 Å². The highest BCUT2D eigenvalue weighted by Gasteiger charge is 2.42. The first-order valence-corrected chi connectivity index (χ1v) is 8.84. The van der Waals surface area contributed by atoms with E-state index in [1.165, 1.54) is 0 Å². The standard InChI is InChI=1S/C19H26N4O3/c1-14(16-13-15(25-2)5-6-17(16)26-3)22-18(24)19(7-10-20-11-8-19)23-12-4-9-21-23/h4-6,9,12-14,20H,7-8,10-11H2,1-3H3,(H,22,24). The van der Waals surface area contributed by atoms with Crippen molar-refractivity contribution in [2.24, 2.45) is 0 Å². The van der Waals surface area contributed by atoms with Crippen molar-refractivity contribution < 1.29 is 14.3 Å². The fourth-order valence-corrected chi connectivity index (χ4v) is 3.51. The van der Waals surface area contributed by atoms with Crippen LogP contribution in [0.3, 0.4) is 0 Å². The molecule has 0 saturated carbocycles. The van der Waals surface area contributed by atoms with E-state index in [0.717, 1.165) is 30.2 Å². The molecule has 2 N–H and O–H groups in total. The lowest BCUT2D eigenvalue weighted by Crippen LogP contribution is -2.55. The molecule has 0 bridgehead atoms. The van der Waals surface area contributed by atoms with Gasteiger partial charge in [0.05, 0.1) is 20.3 Å². The van der Waals surface area contributed by atoms with Gasteiger partial charge in [-0.05, 0) is 57.1 Å². The van der Waals surface area contributed by atoms with E-state index in [1.807, 2.05) is 37.4 Å². The van der Waals surface area contributed by atoms with Gasteiger partial charge >= 0.3 is 0 Å². The number of nitrogens with one attached hydrogen (secondary N) is 2. The van der Waals surface area contributed by atoms with Gasteiger partial charge in [0.2, 0.25) is 5.91 Å². The fourth-order valence-electron chi connectivity index (χ4n) is 3.51. The minimum Gasteiger partial charge on any atom is -0.497 e. The van der Waals surface area contributed by atoms with Crippen molar-refractivity contribution in [1.82, 2.24) is 20.4 Å². The Labute approximate surface area is 153 Å². The molecule has 1 amide bonds. The summed E-state index contributed by atoms with van der Waals surface area (Å²) >= 11 is 0. The van der Waals surface area contributed by atoms with Gasteiger partial charge < -0.3 is 20.1 Å². The lowest BCUT2D eigenvalue weighted by Gasteiger charge is -2.37. The van der Waals surface area contributed by atoms with Gasteiger partial charge in [-0.3, -0.25) is 9.48 Å². The van der Waals surface area contributed by atoms with Gasteiger partial charge in [-0.2, -0.15) is 5.10 Å². The van der Waals surface area contributed by atoms with E-state index in [4.69, 9.17) is 9.47 Å². The summed E-state index contributed by atoms with van der Waals surface area (Å²) in [5.74, 6) is 1.42. The molecule has 1 aliphatic heterocycles. The van der Waals surface area contributed by atoms with E-state index in [-0.39, 0.29) is 11.9 Å².